The molecule has 2 aromatic rings. The summed E-state index contributed by atoms with van der Waals surface area (Å²) in [5.41, 5.74) is 1.05. The van der Waals surface area contributed by atoms with Gasteiger partial charge in [-0.1, -0.05) is 66.4 Å². The monoisotopic (exact) mass is 223 g/mol. The van der Waals surface area contributed by atoms with Crippen LogP contribution in [0.15, 0.2) is 66.7 Å². The zero-order valence-corrected chi connectivity index (χ0v) is 9.17. The molecule has 0 bridgehead atoms. The molecule has 0 aliphatic heterocycles. The van der Waals surface area contributed by atoms with Crippen LogP contribution in [0.5, 0.6) is 0 Å². The summed E-state index contributed by atoms with van der Waals surface area (Å²) in [6.45, 7) is 0. The van der Waals surface area contributed by atoms with Crippen molar-refractivity contribution in [1.82, 2.24) is 0 Å². The Hall–Kier alpha value is -2.35. The van der Waals surface area contributed by atoms with Gasteiger partial charge in [0, 0.05) is 5.56 Å². The van der Waals surface area contributed by atoms with E-state index in [1.807, 2.05) is 12.1 Å². The molecule has 2 nitrogen and oxygen atoms in total. The summed E-state index contributed by atoms with van der Waals surface area (Å²) < 4.78 is 0. The van der Waals surface area contributed by atoms with E-state index in [4.69, 9.17) is 0 Å². The second kappa shape index (κ2) is 5.12. The Kier molecular flexibility index (Phi) is 3.36. The van der Waals surface area contributed by atoms with Crippen molar-refractivity contribution in [2.75, 3.05) is 0 Å². The molecule has 0 saturated carbocycles. The average Bonchev–Trinajstić information content (AvgIpc) is 2.40. The molecule has 0 unspecified atom stereocenters. The van der Waals surface area contributed by atoms with Crippen molar-refractivity contribution in [2.45, 2.75) is 0 Å². The molecule has 0 spiro atoms. The number of benzene rings is 2. The van der Waals surface area contributed by atoms with E-state index in [0.717, 1.165) is 6.08 Å². The number of carbonyl (C=O) groups is 1. The van der Waals surface area contributed by atoms with Crippen molar-refractivity contribution in [3.05, 3.63) is 77.9 Å². The fourth-order valence-electron chi connectivity index (χ4n) is 1.49. The summed E-state index contributed by atoms with van der Waals surface area (Å²) in [5, 5.41) is 11.8. The van der Waals surface area contributed by atoms with Crippen LogP contribution in [0.2, 0.25) is 0 Å². The van der Waals surface area contributed by atoms with Crippen LogP contribution in [-0.4, -0.2) is 5.78 Å². The molecule has 2 aromatic carbocycles. The van der Waals surface area contributed by atoms with Crippen molar-refractivity contribution < 1.29 is 9.90 Å². The molecule has 0 amide bonds. The molecular formula is C15H11O2-. The molecule has 0 saturated heterocycles. The molecule has 17 heavy (non-hydrogen) atoms. The van der Waals surface area contributed by atoms with Gasteiger partial charge in [0.15, 0.2) is 5.78 Å². The van der Waals surface area contributed by atoms with Crippen LogP contribution < -0.4 is 5.11 Å². The van der Waals surface area contributed by atoms with Crippen LogP contribution in [0.1, 0.15) is 15.9 Å². The molecule has 2 rings (SSSR count). The Morgan fingerprint density at radius 2 is 1.29 bits per heavy atom. The van der Waals surface area contributed by atoms with E-state index in [1.165, 1.54) is 0 Å². The van der Waals surface area contributed by atoms with E-state index < -0.39 is 0 Å². The van der Waals surface area contributed by atoms with Gasteiger partial charge in [-0.25, -0.2) is 0 Å². The van der Waals surface area contributed by atoms with Crippen molar-refractivity contribution in [3.8, 4) is 0 Å². The Morgan fingerprint density at radius 3 is 1.82 bits per heavy atom. The topological polar surface area (TPSA) is 40.1 Å². The molecule has 2 heteroatoms. The molecule has 0 heterocycles. The van der Waals surface area contributed by atoms with Gasteiger partial charge in [0.25, 0.3) is 0 Å². The maximum absolute atomic E-state index is 11.8. The largest absolute Gasteiger partial charge is 0.872 e. The number of hydrogen-bond acceptors (Lipinski definition) is 2. The predicted molar refractivity (Wildman–Crippen MR) is 65.2 cm³/mol. The summed E-state index contributed by atoms with van der Waals surface area (Å²) in [6.07, 6.45) is 1.13. The van der Waals surface area contributed by atoms with Crippen LogP contribution in [-0.2, 0) is 0 Å². The minimum Gasteiger partial charge on any atom is -0.872 e. The van der Waals surface area contributed by atoms with E-state index in [0.29, 0.717) is 11.1 Å². The van der Waals surface area contributed by atoms with Crippen molar-refractivity contribution >= 4 is 11.5 Å². The van der Waals surface area contributed by atoms with Gasteiger partial charge in [0.2, 0.25) is 0 Å². The third kappa shape index (κ3) is 2.82. The van der Waals surface area contributed by atoms with Crippen molar-refractivity contribution in [2.24, 2.45) is 0 Å². The fraction of sp³-hybridized carbons (Fsp3) is 0. The highest BCUT2D eigenvalue weighted by atomic mass is 16.3. The standard InChI is InChI=1S/C15H12O2/c16-14(12-7-3-1-4-8-12)11-15(17)13-9-5-2-6-10-13/h1-11,16H/p-1/b14-11-. The van der Waals surface area contributed by atoms with E-state index >= 15 is 0 Å². The van der Waals surface area contributed by atoms with Gasteiger partial charge >= 0.3 is 0 Å². The van der Waals surface area contributed by atoms with Crippen LogP contribution >= 0.6 is 0 Å². The first-order valence-corrected chi connectivity index (χ1v) is 5.31. The van der Waals surface area contributed by atoms with Gasteiger partial charge in [-0.15, -0.1) is 0 Å². The third-order valence-corrected chi connectivity index (χ3v) is 2.38. The maximum atomic E-state index is 11.8. The smallest absolute Gasteiger partial charge is 0.185 e. The molecule has 0 radical (unpaired) electrons. The lowest BCUT2D eigenvalue weighted by atomic mass is 10.1. The normalized spacial score (nSPS) is 11.2. The molecule has 0 N–H and O–H groups in total. The quantitative estimate of drug-likeness (QED) is 0.455. The second-order valence-electron chi connectivity index (χ2n) is 3.60. The highest BCUT2D eigenvalue weighted by Crippen LogP contribution is 2.09. The summed E-state index contributed by atoms with van der Waals surface area (Å²) in [7, 11) is 0. The molecule has 84 valence electrons. The Labute approximate surface area is 99.8 Å². The summed E-state index contributed by atoms with van der Waals surface area (Å²) in [5.74, 6) is -0.529. The Bertz CT molecular complexity index is 527. The predicted octanol–water partition coefficient (Wildman–Crippen LogP) is 2.27. The lowest BCUT2D eigenvalue weighted by molar-refractivity contribution is -0.243. The van der Waals surface area contributed by atoms with E-state index in [1.54, 1.807) is 48.5 Å². The fourth-order valence-corrected chi connectivity index (χ4v) is 1.49. The minimum absolute atomic E-state index is 0.264. The first-order valence-electron chi connectivity index (χ1n) is 5.31. The van der Waals surface area contributed by atoms with Gasteiger partial charge in [-0.05, 0) is 11.6 Å². The number of hydrogen-bond donors (Lipinski definition) is 0. The number of allylic oxidation sites excluding steroid dienone is 1. The van der Waals surface area contributed by atoms with Crippen molar-refractivity contribution in [1.29, 1.82) is 0 Å². The van der Waals surface area contributed by atoms with Gasteiger partial charge in [0.1, 0.15) is 0 Å². The van der Waals surface area contributed by atoms with E-state index in [2.05, 4.69) is 0 Å². The summed E-state index contributed by atoms with van der Waals surface area (Å²) in [4.78, 5) is 11.8. The molecule has 0 atom stereocenters. The third-order valence-electron chi connectivity index (χ3n) is 2.38. The second-order valence-corrected chi connectivity index (χ2v) is 3.60. The highest BCUT2D eigenvalue weighted by Gasteiger charge is 2.00. The average molecular weight is 223 g/mol. The Balaban J connectivity index is 2.24. The maximum Gasteiger partial charge on any atom is 0.185 e. The highest BCUT2D eigenvalue weighted by molar-refractivity contribution is 6.07. The Morgan fingerprint density at radius 1 is 0.824 bits per heavy atom. The molecule has 0 aliphatic rings. The van der Waals surface area contributed by atoms with Gasteiger partial charge in [-0.3, -0.25) is 4.79 Å². The lowest BCUT2D eigenvalue weighted by Gasteiger charge is -2.11. The van der Waals surface area contributed by atoms with Crippen LogP contribution in [0, 0.1) is 0 Å². The number of carbonyl (C=O) groups excluding carboxylic acids is 1. The van der Waals surface area contributed by atoms with E-state index in [-0.39, 0.29) is 11.5 Å². The van der Waals surface area contributed by atoms with E-state index in [9.17, 15) is 9.90 Å². The zero-order chi connectivity index (χ0) is 12.1. The molecular weight excluding hydrogens is 212 g/mol. The van der Waals surface area contributed by atoms with Crippen LogP contribution in [0.4, 0.5) is 0 Å². The number of rotatable bonds is 3. The minimum atomic E-state index is -0.264. The van der Waals surface area contributed by atoms with Crippen LogP contribution in [0.25, 0.3) is 5.76 Å². The molecule has 0 aromatic heterocycles. The van der Waals surface area contributed by atoms with Gasteiger partial charge in [0.05, 0.1) is 0 Å². The number of ketones is 1. The first kappa shape index (κ1) is 11.1. The van der Waals surface area contributed by atoms with Crippen LogP contribution in [0.3, 0.4) is 0 Å². The first-order chi connectivity index (χ1) is 8.27. The van der Waals surface area contributed by atoms with Gasteiger partial charge < -0.3 is 5.11 Å². The SMILES string of the molecule is O=C(/C=C(\[O-])c1ccccc1)c1ccccc1. The lowest BCUT2D eigenvalue weighted by Crippen LogP contribution is -2.05. The van der Waals surface area contributed by atoms with Crippen molar-refractivity contribution in [3.63, 3.8) is 0 Å². The summed E-state index contributed by atoms with van der Waals surface area (Å²) in [6, 6.07) is 17.5. The van der Waals surface area contributed by atoms with Gasteiger partial charge in [-0.2, -0.15) is 0 Å². The zero-order valence-electron chi connectivity index (χ0n) is 9.17. The molecule has 0 aliphatic carbocycles. The molecule has 0 fully saturated rings. The summed E-state index contributed by atoms with van der Waals surface area (Å²) >= 11 is 0.